The molecule has 5 heteroatoms. The van der Waals surface area contributed by atoms with Crippen LogP contribution in [0.3, 0.4) is 0 Å². The van der Waals surface area contributed by atoms with E-state index in [4.69, 9.17) is 5.53 Å². The molecule has 4 nitrogen and oxygen atoms in total. The number of hydrogen-bond donors (Lipinski definition) is 0. The van der Waals surface area contributed by atoms with Gasteiger partial charge in [-0.2, -0.15) is 0 Å². The van der Waals surface area contributed by atoms with Gasteiger partial charge in [-0.05, 0) is 28.2 Å². The van der Waals surface area contributed by atoms with E-state index in [2.05, 4.69) is 30.9 Å². The monoisotopic (exact) mass is 248 g/mol. The molecule has 0 N–H and O–H groups in total. The minimum atomic E-state index is 0.409. The molecule has 0 saturated carbocycles. The number of aromatic nitrogens is 1. The average Bonchev–Trinajstić information content (AvgIpc) is 2.20. The number of nitrogens with zero attached hydrogens (tertiary/aromatic N) is 4. The molecule has 0 saturated heterocycles. The van der Waals surface area contributed by atoms with Gasteiger partial charge in [0.05, 0.1) is 0 Å². The lowest BCUT2D eigenvalue weighted by molar-refractivity contribution is 1.29. The maximum absolute atomic E-state index is 8.36. The van der Waals surface area contributed by atoms with Gasteiger partial charge in [0.25, 0.3) is 0 Å². The van der Waals surface area contributed by atoms with Gasteiger partial charge in [0.2, 0.25) is 0 Å². The van der Waals surface area contributed by atoms with Crippen LogP contribution in [0.5, 0.6) is 0 Å². The second-order valence-corrected chi connectivity index (χ2v) is 3.51. The molecule has 0 radical (unpaired) electrons. The molecule has 0 bridgehead atoms. The fourth-order valence-corrected chi connectivity index (χ4v) is 1.77. The van der Waals surface area contributed by atoms with E-state index in [0.29, 0.717) is 5.82 Å². The first-order valence-electron chi connectivity index (χ1n) is 3.91. The van der Waals surface area contributed by atoms with E-state index in [1.807, 2.05) is 24.3 Å². The summed E-state index contributed by atoms with van der Waals surface area (Å²) in [7, 11) is 0. The van der Waals surface area contributed by atoms with Gasteiger partial charge < -0.3 is 0 Å². The van der Waals surface area contributed by atoms with E-state index in [1.165, 1.54) is 0 Å². The molecular weight excluding hydrogens is 244 g/mol. The third kappa shape index (κ3) is 1.43. The summed E-state index contributed by atoms with van der Waals surface area (Å²) in [6.07, 6.45) is 1.62. The third-order valence-corrected chi connectivity index (χ3v) is 2.56. The fraction of sp³-hybridized carbons (Fsp3) is 0. The quantitative estimate of drug-likeness (QED) is 0.429. The molecule has 0 fully saturated rings. The van der Waals surface area contributed by atoms with Crippen LogP contribution in [0.1, 0.15) is 0 Å². The second kappa shape index (κ2) is 3.65. The van der Waals surface area contributed by atoms with Crippen LogP contribution in [-0.4, -0.2) is 4.98 Å². The van der Waals surface area contributed by atoms with Crippen molar-refractivity contribution >= 4 is 32.5 Å². The second-order valence-electron chi connectivity index (χ2n) is 2.66. The Labute approximate surface area is 88.3 Å². The van der Waals surface area contributed by atoms with E-state index in [9.17, 15) is 0 Å². The van der Waals surface area contributed by atoms with Crippen LogP contribution in [0.4, 0.5) is 5.82 Å². The summed E-state index contributed by atoms with van der Waals surface area (Å²) in [6.45, 7) is 0. The van der Waals surface area contributed by atoms with Crippen molar-refractivity contribution < 1.29 is 0 Å². The number of fused-ring (bicyclic) bond motifs is 1. The zero-order valence-electron chi connectivity index (χ0n) is 7.05. The summed E-state index contributed by atoms with van der Waals surface area (Å²) >= 11 is 3.42. The smallest absolute Gasteiger partial charge is 0.134 e. The number of hydrogen-bond acceptors (Lipinski definition) is 2. The lowest BCUT2D eigenvalue weighted by Crippen LogP contribution is -1.78. The first-order chi connectivity index (χ1) is 6.83. The molecule has 0 aliphatic rings. The van der Waals surface area contributed by atoms with Gasteiger partial charge in [0.15, 0.2) is 0 Å². The van der Waals surface area contributed by atoms with Crippen LogP contribution in [0.15, 0.2) is 40.0 Å². The molecule has 2 rings (SSSR count). The Morgan fingerprint density at radius 1 is 1.29 bits per heavy atom. The fourth-order valence-electron chi connectivity index (χ4n) is 1.28. The van der Waals surface area contributed by atoms with Crippen molar-refractivity contribution in [2.24, 2.45) is 5.11 Å². The summed E-state index contributed by atoms with van der Waals surface area (Å²) in [5.74, 6) is 0.409. The Morgan fingerprint density at radius 3 is 2.93 bits per heavy atom. The maximum Gasteiger partial charge on any atom is 0.134 e. The summed E-state index contributed by atoms with van der Waals surface area (Å²) in [5.41, 5.74) is 8.36. The average molecular weight is 249 g/mol. The van der Waals surface area contributed by atoms with Crippen LogP contribution < -0.4 is 0 Å². The molecule has 0 aliphatic carbocycles. The van der Waals surface area contributed by atoms with Crippen molar-refractivity contribution in [3.05, 3.63) is 45.4 Å². The molecule has 0 unspecified atom stereocenters. The van der Waals surface area contributed by atoms with Crippen molar-refractivity contribution in [1.82, 2.24) is 4.98 Å². The van der Waals surface area contributed by atoms with Crippen molar-refractivity contribution in [2.45, 2.75) is 0 Å². The van der Waals surface area contributed by atoms with Gasteiger partial charge in [0, 0.05) is 21.0 Å². The van der Waals surface area contributed by atoms with Crippen LogP contribution in [0.2, 0.25) is 0 Å². The van der Waals surface area contributed by atoms with Gasteiger partial charge in [-0.1, -0.05) is 28.1 Å². The number of rotatable bonds is 1. The Balaban J connectivity index is 2.87. The van der Waals surface area contributed by atoms with Crippen molar-refractivity contribution in [3.63, 3.8) is 0 Å². The molecule has 1 aromatic heterocycles. The SMILES string of the molecule is [N-]=[N+]=Nc1nccc2c(Br)cccc12. The lowest BCUT2D eigenvalue weighted by atomic mass is 10.2. The highest BCUT2D eigenvalue weighted by atomic mass is 79.9. The van der Waals surface area contributed by atoms with E-state index < -0.39 is 0 Å². The molecular formula is C9H5BrN4. The van der Waals surface area contributed by atoms with Crippen LogP contribution in [0.25, 0.3) is 21.2 Å². The Hall–Kier alpha value is -1.58. The van der Waals surface area contributed by atoms with E-state index in [-0.39, 0.29) is 0 Å². The predicted molar refractivity (Wildman–Crippen MR) is 58.2 cm³/mol. The number of halogens is 1. The zero-order chi connectivity index (χ0) is 9.97. The molecule has 68 valence electrons. The van der Waals surface area contributed by atoms with E-state index >= 15 is 0 Å². The normalized spacial score (nSPS) is 9.79. The maximum atomic E-state index is 8.36. The Morgan fingerprint density at radius 2 is 2.14 bits per heavy atom. The van der Waals surface area contributed by atoms with Gasteiger partial charge in [-0.15, -0.1) is 0 Å². The number of pyridine rings is 1. The van der Waals surface area contributed by atoms with Crippen molar-refractivity contribution in [1.29, 1.82) is 0 Å². The highest BCUT2D eigenvalue weighted by molar-refractivity contribution is 9.10. The summed E-state index contributed by atoms with van der Waals surface area (Å²) in [6, 6.07) is 7.56. The summed E-state index contributed by atoms with van der Waals surface area (Å²) in [4.78, 5) is 6.73. The lowest BCUT2D eigenvalue weighted by Gasteiger charge is -2.01. The first-order valence-corrected chi connectivity index (χ1v) is 4.70. The largest absolute Gasteiger partial charge is 0.254 e. The minimum absolute atomic E-state index is 0.409. The Kier molecular flexibility index (Phi) is 2.35. The molecule has 0 spiro atoms. The molecule has 2 aromatic rings. The summed E-state index contributed by atoms with van der Waals surface area (Å²) < 4.78 is 0.965. The van der Waals surface area contributed by atoms with Crippen LogP contribution in [0, 0.1) is 0 Å². The van der Waals surface area contributed by atoms with E-state index in [0.717, 1.165) is 15.2 Å². The van der Waals surface area contributed by atoms with Crippen LogP contribution in [-0.2, 0) is 0 Å². The highest BCUT2D eigenvalue weighted by Gasteiger charge is 2.01. The minimum Gasteiger partial charge on any atom is -0.254 e. The molecule has 0 aliphatic heterocycles. The zero-order valence-corrected chi connectivity index (χ0v) is 8.64. The topological polar surface area (TPSA) is 61.7 Å². The van der Waals surface area contributed by atoms with Gasteiger partial charge in [0.1, 0.15) is 5.82 Å². The third-order valence-electron chi connectivity index (χ3n) is 1.87. The highest BCUT2D eigenvalue weighted by Crippen LogP contribution is 2.28. The molecule has 0 atom stereocenters. The molecule has 0 amide bonds. The van der Waals surface area contributed by atoms with Crippen molar-refractivity contribution in [2.75, 3.05) is 0 Å². The predicted octanol–water partition coefficient (Wildman–Crippen LogP) is 3.94. The number of benzene rings is 1. The number of azide groups is 1. The van der Waals surface area contributed by atoms with E-state index in [1.54, 1.807) is 6.20 Å². The molecule has 14 heavy (non-hydrogen) atoms. The standard InChI is InChI=1S/C9H5BrN4/c10-8-3-1-2-7-6(8)4-5-12-9(7)13-14-11/h1-5H. The Bertz CT molecular complexity index is 531. The summed E-state index contributed by atoms with van der Waals surface area (Å²) in [5, 5.41) is 5.36. The van der Waals surface area contributed by atoms with Crippen LogP contribution >= 0.6 is 15.9 Å². The molecule has 1 heterocycles. The van der Waals surface area contributed by atoms with Gasteiger partial charge in [-0.3, -0.25) is 4.98 Å². The first kappa shape index (κ1) is 8.99. The van der Waals surface area contributed by atoms with Gasteiger partial charge >= 0.3 is 0 Å². The van der Waals surface area contributed by atoms with Gasteiger partial charge in [-0.25, -0.2) is 0 Å². The molecule has 1 aromatic carbocycles. The van der Waals surface area contributed by atoms with Crippen molar-refractivity contribution in [3.8, 4) is 0 Å².